The van der Waals surface area contributed by atoms with Gasteiger partial charge in [0.1, 0.15) is 23.1 Å². The molecule has 1 amide bonds. The van der Waals surface area contributed by atoms with Crippen LogP contribution in [0.2, 0.25) is 5.02 Å². The van der Waals surface area contributed by atoms with Gasteiger partial charge in [0, 0.05) is 24.0 Å². The van der Waals surface area contributed by atoms with Crippen LogP contribution in [-0.2, 0) is 6.61 Å². The van der Waals surface area contributed by atoms with Crippen LogP contribution >= 0.6 is 22.9 Å². The van der Waals surface area contributed by atoms with Crippen LogP contribution in [-0.4, -0.2) is 28.9 Å². The molecule has 0 spiro atoms. The fourth-order valence-electron chi connectivity index (χ4n) is 2.41. The van der Waals surface area contributed by atoms with Crippen molar-refractivity contribution < 1.29 is 9.53 Å². The van der Waals surface area contributed by atoms with E-state index in [-0.39, 0.29) is 11.9 Å². The Morgan fingerprint density at radius 1 is 1.22 bits per heavy atom. The number of amides is 1. The summed E-state index contributed by atoms with van der Waals surface area (Å²) in [6.45, 7) is 4.42. The number of hydrogen-bond donors (Lipinski definition) is 0. The van der Waals surface area contributed by atoms with Crippen molar-refractivity contribution in [2.45, 2.75) is 26.5 Å². The van der Waals surface area contributed by atoms with Crippen molar-refractivity contribution in [2.75, 3.05) is 7.05 Å². The van der Waals surface area contributed by atoms with Gasteiger partial charge >= 0.3 is 0 Å². The van der Waals surface area contributed by atoms with Crippen LogP contribution in [0.15, 0.2) is 53.9 Å². The summed E-state index contributed by atoms with van der Waals surface area (Å²) in [5.41, 5.74) is 2.32. The molecule has 27 heavy (non-hydrogen) atoms. The smallest absolute Gasteiger partial charge is 0.273 e. The van der Waals surface area contributed by atoms with Crippen molar-refractivity contribution in [2.24, 2.45) is 0 Å². The van der Waals surface area contributed by atoms with Gasteiger partial charge in [-0.1, -0.05) is 41.9 Å². The van der Waals surface area contributed by atoms with E-state index in [0.717, 1.165) is 16.1 Å². The molecule has 3 rings (SSSR count). The summed E-state index contributed by atoms with van der Waals surface area (Å²) < 4.78 is 5.80. The quantitative estimate of drug-likeness (QED) is 0.546. The Morgan fingerprint density at radius 2 is 1.96 bits per heavy atom. The second-order valence-electron chi connectivity index (χ2n) is 6.46. The van der Waals surface area contributed by atoms with Crippen molar-refractivity contribution in [1.82, 2.24) is 9.88 Å². The highest BCUT2D eigenvalue weighted by atomic mass is 35.5. The summed E-state index contributed by atoms with van der Waals surface area (Å²) in [6, 6.07) is 15.6. The molecule has 6 heteroatoms. The second kappa shape index (κ2) is 8.55. The monoisotopic (exact) mass is 400 g/mol. The Morgan fingerprint density at radius 3 is 2.63 bits per heavy atom. The van der Waals surface area contributed by atoms with Crippen molar-refractivity contribution in [3.63, 3.8) is 0 Å². The van der Waals surface area contributed by atoms with E-state index in [2.05, 4.69) is 4.98 Å². The Hall–Kier alpha value is -2.37. The molecule has 0 unspecified atom stereocenters. The number of carbonyl (C=O) groups excluding carboxylic acids is 1. The fourth-order valence-corrected chi connectivity index (χ4v) is 3.56. The van der Waals surface area contributed by atoms with E-state index in [1.54, 1.807) is 23.4 Å². The van der Waals surface area contributed by atoms with Crippen LogP contribution in [0.5, 0.6) is 5.75 Å². The molecule has 0 saturated heterocycles. The normalized spacial score (nSPS) is 10.9. The average Bonchev–Trinajstić information content (AvgIpc) is 3.15. The average molecular weight is 401 g/mol. The van der Waals surface area contributed by atoms with Gasteiger partial charge < -0.3 is 9.64 Å². The van der Waals surface area contributed by atoms with Crippen LogP contribution in [0.4, 0.5) is 0 Å². The minimum atomic E-state index is -0.0913. The Bertz CT molecular complexity index is 925. The zero-order valence-corrected chi connectivity index (χ0v) is 17.1. The highest BCUT2D eigenvalue weighted by Crippen LogP contribution is 2.33. The van der Waals surface area contributed by atoms with Crippen molar-refractivity contribution in [3.8, 4) is 16.3 Å². The summed E-state index contributed by atoms with van der Waals surface area (Å²) in [5.74, 6) is 0.603. The molecule has 1 aromatic heterocycles. The van der Waals surface area contributed by atoms with Crippen molar-refractivity contribution >= 4 is 28.8 Å². The van der Waals surface area contributed by atoms with E-state index in [1.165, 1.54) is 11.3 Å². The van der Waals surface area contributed by atoms with Crippen LogP contribution in [0.25, 0.3) is 10.6 Å². The van der Waals surface area contributed by atoms with E-state index in [1.807, 2.05) is 56.3 Å². The first-order chi connectivity index (χ1) is 13.0. The number of aromatic nitrogens is 1. The van der Waals surface area contributed by atoms with Crippen LogP contribution in [0, 0.1) is 0 Å². The summed E-state index contributed by atoms with van der Waals surface area (Å²) in [7, 11) is 1.78. The second-order valence-corrected chi connectivity index (χ2v) is 7.73. The molecule has 2 aromatic carbocycles. The lowest BCUT2D eigenvalue weighted by atomic mass is 10.2. The van der Waals surface area contributed by atoms with E-state index in [0.29, 0.717) is 23.1 Å². The van der Waals surface area contributed by atoms with E-state index < -0.39 is 0 Å². The number of ether oxygens (including phenoxy) is 1. The topological polar surface area (TPSA) is 42.4 Å². The van der Waals surface area contributed by atoms with Gasteiger partial charge in [0.05, 0.1) is 5.02 Å². The van der Waals surface area contributed by atoms with Crippen LogP contribution in [0.1, 0.15) is 29.9 Å². The molecule has 0 aliphatic heterocycles. The number of nitrogens with zero attached hydrogens (tertiary/aromatic N) is 2. The Labute approximate surface area is 168 Å². The lowest BCUT2D eigenvalue weighted by molar-refractivity contribution is 0.0750. The first-order valence-electron chi connectivity index (χ1n) is 8.65. The van der Waals surface area contributed by atoms with E-state index in [9.17, 15) is 4.79 Å². The van der Waals surface area contributed by atoms with Crippen LogP contribution in [0.3, 0.4) is 0 Å². The molecule has 3 aromatic rings. The van der Waals surface area contributed by atoms with Gasteiger partial charge in [-0.2, -0.15) is 0 Å². The summed E-state index contributed by atoms with van der Waals surface area (Å²) in [5, 5.41) is 3.04. The van der Waals surface area contributed by atoms with Gasteiger partial charge in [-0.25, -0.2) is 4.98 Å². The van der Waals surface area contributed by atoms with Gasteiger partial charge in [-0.05, 0) is 37.6 Å². The predicted octanol–water partition coefficient (Wildman–Crippen LogP) is 5.52. The van der Waals surface area contributed by atoms with Gasteiger partial charge in [0.15, 0.2) is 0 Å². The summed E-state index contributed by atoms with van der Waals surface area (Å²) in [4.78, 5) is 18.5. The maximum atomic E-state index is 12.4. The van der Waals surface area contributed by atoms with Gasteiger partial charge in [0.2, 0.25) is 0 Å². The third-order valence-electron chi connectivity index (χ3n) is 4.24. The lowest BCUT2D eigenvalue weighted by Gasteiger charge is -2.20. The molecule has 0 N–H and O–H groups in total. The summed E-state index contributed by atoms with van der Waals surface area (Å²) >= 11 is 7.85. The number of carbonyl (C=O) groups is 1. The van der Waals surface area contributed by atoms with E-state index in [4.69, 9.17) is 16.3 Å². The molecule has 0 aliphatic rings. The third kappa shape index (κ3) is 4.67. The third-order valence-corrected chi connectivity index (χ3v) is 5.43. The summed E-state index contributed by atoms with van der Waals surface area (Å²) in [6.07, 6.45) is 0. The Balaban J connectivity index is 1.73. The lowest BCUT2D eigenvalue weighted by Crippen LogP contribution is -2.33. The standard InChI is InChI=1S/C21H21ClN2O2S/c1-14(2)24(3)21(25)19-13-27-20(23-19)17-10-9-16(11-18(17)22)26-12-15-7-5-4-6-8-15/h4-11,13-14H,12H2,1-3H3. The minimum absolute atomic E-state index is 0.0913. The molecule has 0 radical (unpaired) electrons. The highest BCUT2D eigenvalue weighted by Gasteiger charge is 2.19. The molecule has 0 bridgehead atoms. The Kier molecular flexibility index (Phi) is 6.14. The molecular weight excluding hydrogens is 380 g/mol. The van der Waals surface area contributed by atoms with Crippen molar-refractivity contribution in [3.05, 3.63) is 70.2 Å². The predicted molar refractivity (Wildman–Crippen MR) is 111 cm³/mol. The first-order valence-corrected chi connectivity index (χ1v) is 9.91. The number of hydrogen-bond acceptors (Lipinski definition) is 4. The molecule has 140 valence electrons. The number of halogens is 1. The van der Waals surface area contributed by atoms with Crippen molar-refractivity contribution in [1.29, 1.82) is 0 Å². The van der Waals surface area contributed by atoms with Crippen LogP contribution < -0.4 is 4.74 Å². The molecule has 0 saturated carbocycles. The maximum absolute atomic E-state index is 12.4. The fraction of sp³-hybridized carbons (Fsp3) is 0.238. The minimum Gasteiger partial charge on any atom is -0.489 e. The van der Waals surface area contributed by atoms with Gasteiger partial charge in [-0.3, -0.25) is 4.79 Å². The molecule has 0 aliphatic carbocycles. The van der Waals surface area contributed by atoms with Gasteiger partial charge in [0.25, 0.3) is 5.91 Å². The number of benzene rings is 2. The zero-order chi connectivity index (χ0) is 19.4. The number of thiazole rings is 1. The maximum Gasteiger partial charge on any atom is 0.273 e. The van der Waals surface area contributed by atoms with E-state index >= 15 is 0 Å². The molecule has 0 fully saturated rings. The zero-order valence-electron chi connectivity index (χ0n) is 15.5. The molecule has 4 nitrogen and oxygen atoms in total. The molecule has 1 heterocycles. The highest BCUT2D eigenvalue weighted by molar-refractivity contribution is 7.13. The first kappa shape index (κ1) is 19.4. The molecular formula is C21H21ClN2O2S. The SMILES string of the molecule is CC(C)N(C)C(=O)c1csc(-c2ccc(OCc3ccccc3)cc2Cl)n1. The van der Waals surface area contributed by atoms with Gasteiger partial charge in [-0.15, -0.1) is 11.3 Å². The number of rotatable bonds is 6. The molecule has 0 atom stereocenters. The largest absolute Gasteiger partial charge is 0.489 e.